The van der Waals surface area contributed by atoms with Crippen molar-refractivity contribution in [3.63, 3.8) is 0 Å². The summed E-state index contributed by atoms with van der Waals surface area (Å²) in [6, 6.07) is 10.4. The van der Waals surface area contributed by atoms with E-state index in [1.165, 1.54) is 12.4 Å². The monoisotopic (exact) mass is 354 g/mol. The number of hydrogen-bond donors (Lipinski definition) is 2. The zero-order valence-electron chi connectivity index (χ0n) is 14.5. The second-order valence-electron chi connectivity index (χ2n) is 5.92. The number of nitrogens with zero attached hydrogens (tertiary/aromatic N) is 4. The van der Waals surface area contributed by atoms with Crippen molar-refractivity contribution < 1.29 is 9.18 Å². The topological polar surface area (TPSA) is 84.7 Å². The van der Waals surface area contributed by atoms with Crippen LogP contribution in [0.15, 0.2) is 42.7 Å². The fourth-order valence-corrected chi connectivity index (χ4v) is 2.59. The van der Waals surface area contributed by atoms with E-state index in [2.05, 4.69) is 26.2 Å². The van der Waals surface area contributed by atoms with Gasteiger partial charge in [-0.2, -0.15) is 0 Å². The maximum Gasteiger partial charge on any atom is 0.239 e. The van der Waals surface area contributed by atoms with Gasteiger partial charge in [0.2, 0.25) is 5.91 Å². The summed E-state index contributed by atoms with van der Waals surface area (Å²) in [7, 11) is 0. The van der Waals surface area contributed by atoms with Crippen molar-refractivity contribution >= 4 is 11.6 Å². The third-order valence-electron chi connectivity index (χ3n) is 4.05. The van der Waals surface area contributed by atoms with Crippen molar-refractivity contribution in [2.45, 2.75) is 20.4 Å². The summed E-state index contributed by atoms with van der Waals surface area (Å²) in [5.41, 5.74) is 4.01. The predicted octanol–water partition coefficient (Wildman–Crippen LogP) is 2.15. The molecular formula is C18H19FN6O. The smallest absolute Gasteiger partial charge is 0.239 e. The third kappa shape index (κ3) is 4.02. The first-order valence-corrected chi connectivity index (χ1v) is 8.13. The highest BCUT2D eigenvalue weighted by molar-refractivity contribution is 5.81. The number of hydrogen-bond acceptors (Lipinski definition) is 5. The van der Waals surface area contributed by atoms with Crippen LogP contribution in [0.5, 0.6) is 0 Å². The van der Waals surface area contributed by atoms with Crippen molar-refractivity contribution in [2.24, 2.45) is 0 Å². The first-order valence-electron chi connectivity index (χ1n) is 8.13. The summed E-state index contributed by atoms with van der Waals surface area (Å²) in [4.78, 5) is 12.1. The van der Waals surface area contributed by atoms with E-state index in [1.807, 2.05) is 25.1 Å². The molecule has 0 fully saturated rings. The summed E-state index contributed by atoms with van der Waals surface area (Å²) >= 11 is 0. The molecule has 2 aromatic carbocycles. The molecule has 26 heavy (non-hydrogen) atoms. The molecule has 0 bridgehead atoms. The van der Waals surface area contributed by atoms with Crippen molar-refractivity contribution in [3.8, 4) is 5.69 Å². The molecule has 0 atom stereocenters. The van der Waals surface area contributed by atoms with E-state index in [9.17, 15) is 9.18 Å². The van der Waals surface area contributed by atoms with Crippen molar-refractivity contribution in [3.05, 3.63) is 65.2 Å². The number of carbonyl (C=O) groups is 1. The van der Waals surface area contributed by atoms with Gasteiger partial charge in [0.15, 0.2) is 0 Å². The number of anilines is 1. The molecular weight excluding hydrogens is 335 g/mol. The van der Waals surface area contributed by atoms with Crippen LogP contribution in [0.4, 0.5) is 10.1 Å². The van der Waals surface area contributed by atoms with Gasteiger partial charge in [-0.25, -0.2) is 9.07 Å². The lowest BCUT2D eigenvalue weighted by atomic mass is 10.1. The van der Waals surface area contributed by atoms with Crippen molar-refractivity contribution in [1.29, 1.82) is 0 Å². The lowest BCUT2D eigenvalue weighted by molar-refractivity contribution is -0.119. The number of tetrazole rings is 1. The molecule has 0 aliphatic rings. The predicted molar refractivity (Wildman–Crippen MR) is 95.4 cm³/mol. The average Bonchev–Trinajstić information content (AvgIpc) is 3.16. The van der Waals surface area contributed by atoms with Crippen LogP contribution < -0.4 is 10.6 Å². The number of carbonyl (C=O) groups excluding carboxylic acids is 1. The molecule has 0 unspecified atom stereocenters. The number of rotatable bonds is 6. The molecule has 0 aliphatic carbocycles. The Bertz CT molecular complexity index is 910. The minimum Gasteiger partial charge on any atom is -0.376 e. The minimum absolute atomic E-state index is 0.125. The molecule has 0 saturated carbocycles. The first kappa shape index (κ1) is 17.5. The Hall–Kier alpha value is -3.29. The maximum atomic E-state index is 13.3. The van der Waals surface area contributed by atoms with Crippen molar-refractivity contribution in [1.82, 2.24) is 25.5 Å². The normalized spacial score (nSPS) is 10.6. The standard InChI is InChI=1S/C18H19FN6O/c1-12-8-14(6-7-15(12)19)9-21-18(26)10-20-16-4-3-5-17(13(16)2)25-11-22-23-24-25/h3-8,11,20H,9-10H2,1-2H3,(H,21,26). The molecule has 1 heterocycles. The molecule has 0 spiro atoms. The summed E-state index contributed by atoms with van der Waals surface area (Å²) in [5, 5.41) is 17.1. The number of amides is 1. The Labute approximate surface area is 150 Å². The van der Waals surface area contributed by atoms with Gasteiger partial charge in [0.1, 0.15) is 12.1 Å². The highest BCUT2D eigenvalue weighted by atomic mass is 19.1. The Morgan fingerprint density at radius 3 is 2.81 bits per heavy atom. The zero-order valence-corrected chi connectivity index (χ0v) is 14.5. The van der Waals surface area contributed by atoms with Crippen LogP contribution in [0, 0.1) is 19.7 Å². The highest BCUT2D eigenvalue weighted by Gasteiger charge is 2.08. The van der Waals surface area contributed by atoms with Gasteiger partial charge in [0.05, 0.1) is 12.2 Å². The van der Waals surface area contributed by atoms with Gasteiger partial charge in [-0.1, -0.05) is 18.2 Å². The van der Waals surface area contributed by atoms with Crippen molar-refractivity contribution in [2.75, 3.05) is 11.9 Å². The first-order chi connectivity index (χ1) is 12.5. The van der Waals surface area contributed by atoms with Gasteiger partial charge < -0.3 is 10.6 Å². The molecule has 134 valence electrons. The molecule has 7 nitrogen and oxygen atoms in total. The van der Waals surface area contributed by atoms with E-state index in [-0.39, 0.29) is 18.3 Å². The number of aryl methyl sites for hydroxylation is 1. The van der Waals surface area contributed by atoms with Crippen LogP contribution in [0.1, 0.15) is 16.7 Å². The van der Waals surface area contributed by atoms with Crippen LogP contribution >= 0.6 is 0 Å². The van der Waals surface area contributed by atoms with E-state index in [4.69, 9.17) is 0 Å². The maximum absolute atomic E-state index is 13.3. The summed E-state index contributed by atoms with van der Waals surface area (Å²) in [6.45, 7) is 4.10. The fourth-order valence-electron chi connectivity index (χ4n) is 2.59. The van der Waals surface area contributed by atoms with Gasteiger partial charge in [0, 0.05) is 12.2 Å². The molecule has 3 rings (SSSR count). The van der Waals surface area contributed by atoms with Crippen LogP contribution in [-0.4, -0.2) is 32.7 Å². The van der Waals surface area contributed by atoms with Crippen LogP contribution in [0.2, 0.25) is 0 Å². The van der Waals surface area contributed by atoms with Gasteiger partial charge in [-0.05, 0) is 59.2 Å². The summed E-state index contributed by atoms with van der Waals surface area (Å²) in [5.74, 6) is -0.404. The fraction of sp³-hybridized carbons (Fsp3) is 0.222. The van der Waals surface area contributed by atoms with E-state index in [0.717, 1.165) is 22.5 Å². The van der Waals surface area contributed by atoms with E-state index in [1.54, 1.807) is 23.7 Å². The SMILES string of the molecule is Cc1cc(CNC(=O)CNc2cccc(-n3cnnn3)c2C)ccc1F. The van der Waals surface area contributed by atoms with Crippen LogP contribution in [-0.2, 0) is 11.3 Å². The summed E-state index contributed by atoms with van der Waals surface area (Å²) < 4.78 is 14.8. The zero-order chi connectivity index (χ0) is 18.5. The quantitative estimate of drug-likeness (QED) is 0.708. The Kier molecular flexibility index (Phi) is 5.21. The summed E-state index contributed by atoms with van der Waals surface area (Å²) in [6.07, 6.45) is 1.52. The molecule has 0 radical (unpaired) electrons. The van der Waals surface area contributed by atoms with Crippen LogP contribution in [0.3, 0.4) is 0 Å². The molecule has 1 aromatic heterocycles. The minimum atomic E-state index is -0.250. The van der Waals surface area contributed by atoms with E-state index >= 15 is 0 Å². The lowest BCUT2D eigenvalue weighted by Gasteiger charge is -2.13. The van der Waals surface area contributed by atoms with Gasteiger partial charge in [-0.3, -0.25) is 4.79 Å². The highest BCUT2D eigenvalue weighted by Crippen LogP contribution is 2.21. The van der Waals surface area contributed by atoms with E-state index in [0.29, 0.717) is 12.1 Å². The number of benzene rings is 2. The average molecular weight is 354 g/mol. The Morgan fingerprint density at radius 2 is 2.08 bits per heavy atom. The van der Waals surface area contributed by atoms with Gasteiger partial charge in [-0.15, -0.1) is 5.10 Å². The Balaban J connectivity index is 1.58. The molecule has 8 heteroatoms. The number of aromatic nitrogens is 4. The largest absolute Gasteiger partial charge is 0.376 e. The molecule has 0 saturated heterocycles. The number of nitrogens with one attached hydrogen (secondary N) is 2. The molecule has 1 amide bonds. The molecule has 2 N–H and O–H groups in total. The lowest BCUT2D eigenvalue weighted by Crippen LogP contribution is -2.29. The molecule has 3 aromatic rings. The number of halogens is 1. The second kappa shape index (κ2) is 7.73. The van der Waals surface area contributed by atoms with E-state index < -0.39 is 0 Å². The van der Waals surface area contributed by atoms with Gasteiger partial charge in [0.25, 0.3) is 0 Å². The third-order valence-corrected chi connectivity index (χ3v) is 4.05. The second-order valence-corrected chi connectivity index (χ2v) is 5.92. The van der Waals surface area contributed by atoms with Gasteiger partial charge >= 0.3 is 0 Å². The van der Waals surface area contributed by atoms with Crippen LogP contribution in [0.25, 0.3) is 5.69 Å². The Morgan fingerprint density at radius 1 is 1.23 bits per heavy atom. The molecule has 0 aliphatic heterocycles.